The summed E-state index contributed by atoms with van der Waals surface area (Å²) in [6.45, 7) is 2.28. The van der Waals surface area contributed by atoms with Crippen LogP contribution in [0.2, 0.25) is 0 Å². The van der Waals surface area contributed by atoms with Crippen molar-refractivity contribution in [2.45, 2.75) is 32.2 Å². The van der Waals surface area contributed by atoms with E-state index >= 15 is 0 Å². The predicted molar refractivity (Wildman–Crippen MR) is 102 cm³/mol. The predicted octanol–water partition coefficient (Wildman–Crippen LogP) is 3.93. The van der Waals surface area contributed by atoms with Crippen LogP contribution in [-0.2, 0) is 16.0 Å². The Labute approximate surface area is 153 Å². The van der Waals surface area contributed by atoms with Crippen LogP contribution >= 0.6 is 0 Å². The number of nitrogens with zero attached hydrogens (tertiary/aromatic N) is 2. The molecule has 0 unspecified atom stereocenters. The minimum Gasteiger partial charge on any atom is -0.312 e. The Hall–Kier alpha value is -2.88. The molecule has 2 aliphatic rings. The number of rotatable bonds is 2. The molecular formula is C22H22N2O2. The van der Waals surface area contributed by atoms with Crippen LogP contribution in [0.15, 0.2) is 54.7 Å². The lowest BCUT2D eigenvalue weighted by atomic mass is 9.92. The highest BCUT2D eigenvalue weighted by Crippen LogP contribution is 2.35. The molecule has 0 spiro atoms. The van der Waals surface area contributed by atoms with Crippen molar-refractivity contribution in [2.75, 3.05) is 11.4 Å². The second-order valence-electron chi connectivity index (χ2n) is 6.87. The number of anilines is 1. The van der Waals surface area contributed by atoms with Gasteiger partial charge in [0.05, 0.1) is 12.5 Å². The SMILES string of the molecule is CC(=O)N1C=Cc2ccccc2[C@H]1CC(=O)N1CCCc2ccccc21. The van der Waals surface area contributed by atoms with Crippen LogP contribution in [0, 0.1) is 0 Å². The van der Waals surface area contributed by atoms with Crippen molar-refractivity contribution in [3.05, 3.63) is 71.4 Å². The van der Waals surface area contributed by atoms with Crippen LogP contribution in [-0.4, -0.2) is 23.3 Å². The number of amides is 2. The normalized spacial score (nSPS) is 18.3. The minimum absolute atomic E-state index is 0.0485. The molecular weight excluding hydrogens is 324 g/mol. The van der Waals surface area contributed by atoms with E-state index in [1.165, 1.54) is 5.56 Å². The minimum atomic E-state index is -0.254. The molecule has 2 aromatic carbocycles. The van der Waals surface area contributed by atoms with Crippen molar-refractivity contribution >= 4 is 23.6 Å². The monoisotopic (exact) mass is 346 g/mol. The maximum Gasteiger partial charge on any atom is 0.229 e. The quantitative estimate of drug-likeness (QED) is 0.827. The molecule has 0 saturated carbocycles. The summed E-state index contributed by atoms with van der Waals surface area (Å²) in [4.78, 5) is 28.9. The summed E-state index contributed by atoms with van der Waals surface area (Å²) in [5.41, 5.74) is 4.34. The fourth-order valence-electron chi connectivity index (χ4n) is 3.98. The summed E-state index contributed by atoms with van der Waals surface area (Å²) in [6, 6.07) is 15.8. The molecule has 26 heavy (non-hydrogen) atoms. The van der Waals surface area contributed by atoms with Crippen LogP contribution in [0.1, 0.15) is 42.5 Å². The number of carbonyl (C=O) groups is 2. The van der Waals surface area contributed by atoms with E-state index in [-0.39, 0.29) is 24.3 Å². The van der Waals surface area contributed by atoms with Gasteiger partial charge in [-0.25, -0.2) is 0 Å². The van der Waals surface area contributed by atoms with Crippen molar-refractivity contribution in [1.82, 2.24) is 4.90 Å². The maximum absolute atomic E-state index is 13.2. The third-order valence-corrected chi connectivity index (χ3v) is 5.25. The van der Waals surface area contributed by atoms with E-state index in [9.17, 15) is 9.59 Å². The van der Waals surface area contributed by atoms with Gasteiger partial charge in [0.1, 0.15) is 0 Å². The molecule has 132 valence electrons. The van der Waals surface area contributed by atoms with Crippen molar-refractivity contribution < 1.29 is 9.59 Å². The second-order valence-corrected chi connectivity index (χ2v) is 6.87. The van der Waals surface area contributed by atoms with Crippen molar-refractivity contribution in [2.24, 2.45) is 0 Å². The highest BCUT2D eigenvalue weighted by molar-refractivity contribution is 5.95. The summed E-state index contributed by atoms with van der Waals surface area (Å²) >= 11 is 0. The Morgan fingerprint density at radius 1 is 1.08 bits per heavy atom. The molecule has 0 aromatic heterocycles. The van der Waals surface area contributed by atoms with E-state index in [0.29, 0.717) is 0 Å². The highest BCUT2D eigenvalue weighted by atomic mass is 16.2. The van der Waals surface area contributed by atoms with E-state index in [2.05, 4.69) is 6.07 Å². The molecule has 2 aromatic rings. The van der Waals surface area contributed by atoms with Crippen molar-refractivity contribution in [3.63, 3.8) is 0 Å². The molecule has 1 atom stereocenters. The smallest absolute Gasteiger partial charge is 0.229 e. The lowest BCUT2D eigenvalue weighted by Gasteiger charge is -2.35. The van der Waals surface area contributed by atoms with Gasteiger partial charge in [-0.05, 0) is 41.7 Å². The average Bonchev–Trinajstić information content (AvgIpc) is 2.67. The van der Waals surface area contributed by atoms with E-state index in [1.807, 2.05) is 53.4 Å². The number of carbonyl (C=O) groups excluding carboxylic acids is 2. The molecule has 4 rings (SSSR count). The Balaban J connectivity index is 1.64. The zero-order valence-electron chi connectivity index (χ0n) is 14.9. The van der Waals surface area contributed by atoms with Crippen LogP contribution in [0.4, 0.5) is 5.69 Å². The van der Waals surface area contributed by atoms with Gasteiger partial charge in [-0.2, -0.15) is 0 Å². The topological polar surface area (TPSA) is 40.6 Å². The molecule has 4 heteroatoms. The molecule has 0 saturated heterocycles. The lowest BCUT2D eigenvalue weighted by Crippen LogP contribution is -2.39. The van der Waals surface area contributed by atoms with Gasteiger partial charge in [0.15, 0.2) is 0 Å². The molecule has 4 nitrogen and oxygen atoms in total. The maximum atomic E-state index is 13.2. The molecule has 0 N–H and O–H groups in total. The van der Waals surface area contributed by atoms with E-state index in [0.717, 1.165) is 36.2 Å². The van der Waals surface area contributed by atoms with Gasteiger partial charge in [-0.3, -0.25) is 9.59 Å². The molecule has 0 fully saturated rings. The first-order valence-corrected chi connectivity index (χ1v) is 9.09. The van der Waals surface area contributed by atoms with Gasteiger partial charge in [0.25, 0.3) is 0 Å². The summed E-state index contributed by atoms with van der Waals surface area (Å²) in [7, 11) is 0. The third-order valence-electron chi connectivity index (χ3n) is 5.25. The zero-order chi connectivity index (χ0) is 18.1. The second kappa shape index (κ2) is 6.79. The van der Waals surface area contributed by atoms with Gasteiger partial charge in [-0.15, -0.1) is 0 Å². The van der Waals surface area contributed by atoms with Crippen LogP contribution in [0.3, 0.4) is 0 Å². The van der Waals surface area contributed by atoms with Crippen molar-refractivity contribution in [3.8, 4) is 0 Å². The molecule has 2 amide bonds. The fraction of sp³-hybridized carbons (Fsp3) is 0.273. The number of hydrogen-bond acceptors (Lipinski definition) is 2. The number of para-hydroxylation sites is 1. The van der Waals surface area contributed by atoms with Gasteiger partial charge in [-0.1, -0.05) is 42.5 Å². The van der Waals surface area contributed by atoms with Gasteiger partial charge in [0.2, 0.25) is 11.8 Å². The lowest BCUT2D eigenvalue weighted by molar-refractivity contribution is -0.129. The first kappa shape index (κ1) is 16.6. The summed E-state index contributed by atoms with van der Waals surface area (Å²) in [5.74, 6) is 0.0195. The summed E-state index contributed by atoms with van der Waals surface area (Å²) < 4.78 is 0. The molecule has 2 heterocycles. The number of benzene rings is 2. The molecule has 0 radical (unpaired) electrons. The number of aryl methyl sites for hydroxylation is 1. The van der Waals surface area contributed by atoms with Crippen LogP contribution in [0.25, 0.3) is 6.08 Å². The van der Waals surface area contributed by atoms with E-state index < -0.39 is 0 Å². The Morgan fingerprint density at radius 2 is 1.85 bits per heavy atom. The summed E-state index contributed by atoms with van der Waals surface area (Å²) in [6.07, 6.45) is 6.00. The number of hydrogen-bond donors (Lipinski definition) is 0. The van der Waals surface area contributed by atoms with Crippen LogP contribution < -0.4 is 4.90 Å². The molecule has 0 aliphatic carbocycles. The summed E-state index contributed by atoms with van der Waals surface area (Å²) in [5, 5.41) is 0. The van der Waals surface area contributed by atoms with E-state index in [1.54, 1.807) is 18.0 Å². The zero-order valence-corrected chi connectivity index (χ0v) is 14.9. The van der Waals surface area contributed by atoms with Crippen LogP contribution in [0.5, 0.6) is 0 Å². The Morgan fingerprint density at radius 3 is 2.69 bits per heavy atom. The first-order chi connectivity index (χ1) is 12.6. The fourth-order valence-corrected chi connectivity index (χ4v) is 3.98. The Kier molecular flexibility index (Phi) is 4.33. The standard InChI is InChI=1S/C22H22N2O2/c1-16(25)23-14-12-17-7-2-4-10-19(17)21(23)15-22(26)24-13-6-9-18-8-3-5-11-20(18)24/h2-5,7-8,10-12,14,21H,6,9,13,15H2,1H3/t21-/m1/s1. The van der Waals surface area contributed by atoms with Gasteiger partial charge < -0.3 is 9.80 Å². The largest absolute Gasteiger partial charge is 0.312 e. The molecule has 2 aliphatic heterocycles. The third kappa shape index (κ3) is 2.92. The van der Waals surface area contributed by atoms with Crippen molar-refractivity contribution in [1.29, 1.82) is 0 Å². The van der Waals surface area contributed by atoms with Gasteiger partial charge in [0, 0.05) is 25.4 Å². The highest BCUT2D eigenvalue weighted by Gasteiger charge is 2.31. The van der Waals surface area contributed by atoms with E-state index in [4.69, 9.17) is 0 Å². The van der Waals surface area contributed by atoms with Gasteiger partial charge >= 0.3 is 0 Å². The molecule has 0 bridgehead atoms. The Bertz CT molecular complexity index is 887. The number of fused-ring (bicyclic) bond motifs is 2. The first-order valence-electron chi connectivity index (χ1n) is 9.09. The average molecular weight is 346 g/mol.